The second-order valence-corrected chi connectivity index (χ2v) is 7.52. The molecule has 1 aliphatic carbocycles. The van der Waals surface area contributed by atoms with E-state index in [2.05, 4.69) is 0 Å². The number of carbonyl (C=O) groups is 1. The van der Waals surface area contributed by atoms with Crippen LogP contribution in [0.15, 0.2) is 12.3 Å². The van der Waals surface area contributed by atoms with Gasteiger partial charge in [0.15, 0.2) is 6.29 Å². The van der Waals surface area contributed by atoms with Gasteiger partial charge in [0.1, 0.15) is 30.0 Å². The number of esters is 1. The zero-order valence-corrected chi connectivity index (χ0v) is 15.1. The van der Waals surface area contributed by atoms with Crippen molar-refractivity contribution in [3.63, 3.8) is 0 Å². The molecular weight excluding hydrogens is 364 g/mol. The number of rotatable bonds is 4. The molecule has 5 N–H and O–H groups in total. The normalized spacial score (nSPS) is 49.4. The summed E-state index contributed by atoms with van der Waals surface area (Å²) in [6, 6.07) is 0. The van der Waals surface area contributed by atoms with Gasteiger partial charge in [-0.1, -0.05) is 0 Å². The van der Waals surface area contributed by atoms with Crippen LogP contribution in [0.3, 0.4) is 0 Å². The molecule has 2 fully saturated rings. The lowest BCUT2D eigenvalue weighted by molar-refractivity contribution is -0.350. The Balaban J connectivity index is 1.83. The van der Waals surface area contributed by atoms with Gasteiger partial charge in [-0.2, -0.15) is 0 Å². The second kappa shape index (κ2) is 7.28. The molecule has 1 saturated carbocycles. The summed E-state index contributed by atoms with van der Waals surface area (Å²) in [6.45, 7) is 2.31. The molecule has 0 amide bonds. The van der Waals surface area contributed by atoms with Crippen LogP contribution in [0.4, 0.5) is 0 Å². The molecule has 27 heavy (non-hydrogen) atoms. The maximum absolute atomic E-state index is 11.5. The third-order valence-electron chi connectivity index (χ3n) is 5.55. The highest BCUT2D eigenvalue weighted by atomic mass is 16.8. The average Bonchev–Trinajstić information content (AvgIpc) is 2.86. The summed E-state index contributed by atoms with van der Waals surface area (Å²) in [5.41, 5.74) is -2.45. The standard InChI is InChI=1S/C17H26O10/c1-8(19)27-16(2)3-4-17(23)5-6-24-15(13(16)17)26-14-12(22)11(21)10(20)9(7-18)25-14/h5-6,9-15,18,20-23H,3-4,7H2,1-2H3/t9-,10-,11+,12-,13-,14-,15+,16+,17+/m1/s1. The minimum Gasteiger partial charge on any atom is -0.472 e. The van der Waals surface area contributed by atoms with Crippen molar-refractivity contribution in [2.75, 3.05) is 6.61 Å². The van der Waals surface area contributed by atoms with Crippen LogP contribution in [0.25, 0.3) is 0 Å². The van der Waals surface area contributed by atoms with E-state index >= 15 is 0 Å². The fourth-order valence-corrected chi connectivity index (χ4v) is 4.18. The Morgan fingerprint density at radius 3 is 2.52 bits per heavy atom. The first kappa shape index (κ1) is 20.5. The van der Waals surface area contributed by atoms with Crippen LogP contribution in [-0.4, -0.2) is 86.3 Å². The van der Waals surface area contributed by atoms with Gasteiger partial charge in [-0.3, -0.25) is 4.79 Å². The van der Waals surface area contributed by atoms with Gasteiger partial charge in [0, 0.05) is 6.92 Å². The largest absolute Gasteiger partial charge is 0.472 e. The molecule has 10 nitrogen and oxygen atoms in total. The maximum atomic E-state index is 11.5. The van der Waals surface area contributed by atoms with E-state index in [1.165, 1.54) is 19.3 Å². The van der Waals surface area contributed by atoms with Crippen LogP contribution in [-0.2, 0) is 23.7 Å². The van der Waals surface area contributed by atoms with E-state index in [0.29, 0.717) is 12.8 Å². The number of fused-ring (bicyclic) bond motifs is 1. The third-order valence-corrected chi connectivity index (χ3v) is 5.55. The van der Waals surface area contributed by atoms with Crippen LogP contribution in [0.1, 0.15) is 26.7 Å². The lowest BCUT2D eigenvalue weighted by Crippen LogP contribution is -2.61. The SMILES string of the molecule is CC(=O)O[C@@]1(C)CC[C@]2(O)C=CO[C@@H](O[C@H]3O[C@H](CO)[C@@H](O)[C@H](O)[C@H]3O)[C@@H]21. The molecule has 9 atom stereocenters. The molecule has 3 rings (SSSR count). The van der Waals surface area contributed by atoms with Gasteiger partial charge in [0.25, 0.3) is 0 Å². The second-order valence-electron chi connectivity index (χ2n) is 7.52. The molecule has 0 aromatic heterocycles. The van der Waals surface area contributed by atoms with Crippen molar-refractivity contribution in [1.82, 2.24) is 0 Å². The Morgan fingerprint density at radius 1 is 1.19 bits per heavy atom. The number of aliphatic hydroxyl groups is 5. The van der Waals surface area contributed by atoms with E-state index in [0.717, 1.165) is 0 Å². The molecule has 1 saturated heterocycles. The smallest absolute Gasteiger partial charge is 0.303 e. The fraction of sp³-hybridized carbons (Fsp3) is 0.824. The van der Waals surface area contributed by atoms with Gasteiger partial charge in [-0.05, 0) is 25.8 Å². The first-order chi connectivity index (χ1) is 12.6. The molecule has 0 bridgehead atoms. The number of hydrogen-bond acceptors (Lipinski definition) is 10. The van der Waals surface area contributed by atoms with E-state index in [4.69, 9.17) is 18.9 Å². The molecule has 154 valence electrons. The van der Waals surface area contributed by atoms with Crippen LogP contribution >= 0.6 is 0 Å². The molecular formula is C17H26O10. The van der Waals surface area contributed by atoms with E-state index in [-0.39, 0.29) is 0 Å². The van der Waals surface area contributed by atoms with E-state index < -0.39 is 66.7 Å². The summed E-state index contributed by atoms with van der Waals surface area (Å²) in [5, 5.41) is 50.2. The fourth-order valence-electron chi connectivity index (χ4n) is 4.18. The minimum atomic E-state index is -1.62. The van der Waals surface area contributed by atoms with E-state index in [1.54, 1.807) is 6.92 Å². The van der Waals surface area contributed by atoms with Crippen molar-refractivity contribution < 1.29 is 49.3 Å². The predicted molar refractivity (Wildman–Crippen MR) is 86.7 cm³/mol. The highest BCUT2D eigenvalue weighted by Crippen LogP contribution is 2.51. The van der Waals surface area contributed by atoms with Crippen LogP contribution in [0.2, 0.25) is 0 Å². The molecule has 0 spiro atoms. The number of carbonyl (C=O) groups excluding carboxylic acids is 1. The highest BCUT2D eigenvalue weighted by Gasteiger charge is 2.62. The van der Waals surface area contributed by atoms with Crippen LogP contribution < -0.4 is 0 Å². The van der Waals surface area contributed by atoms with Gasteiger partial charge in [0.05, 0.1) is 24.4 Å². The van der Waals surface area contributed by atoms with Crippen molar-refractivity contribution in [1.29, 1.82) is 0 Å². The first-order valence-corrected chi connectivity index (χ1v) is 8.82. The van der Waals surface area contributed by atoms with Crippen molar-refractivity contribution >= 4 is 5.97 Å². The summed E-state index contributed by atoms with van der Waals surface area (Å²) in [7, 11) is 0. The summed E-state index contributed by atoms with van der Waals surface area (Å²) in [5.74, 6) is -1.35. The maximum Gasteiger partial charge on any atom is 0.303 e. The van der Waals surface area contributed by atoms with Gasteiger partial charge >= 0.3 is 5.97 Å². The van der Waals surface area contributed by atoms with E-state index in [1.807, 2.05) is 0 Å². The van der Waals surface area contributed by atoms with Crippen molar-refractivity contribution in [3.05, 3.63) is 12.3 Å². The first-order valence-electron chi connectivity index (χ1n) is 8.82. The van der Waals surface area contributed by atoms with Crippen LogP contribution in [0, 0.1) is 5.92 Å². The zero-order chi connectivity index (χ0) is 20.0. The van der Waals surface area contributed by atoms with Gasteiger partial charge in [-0.15, -0.1) is 0 Å². The van der Waals surface area contributed by atoms with Gasteiger partial charge in [0.2, 0.25) is 6.29 Å². The third kappa shape index (κ3) is 3.58. The monoisotopic (exact) mass is 390 g/mol. The molecule has 2 heterocycles. The average molecular weight is 390 g/mol. The lowest BCUT2D eigenvalue weighted by atomic mass is 9.81. The summed E-state index contributed by atoms with van der Waals surface area (Å²) >= 11 is 0. The predicted octanol–water partition coefficient (Wildman–Crippen LogP) is -1.86. The van der Waals surface area contributed by atoms with Gasteiger partial charge in [-0.25, -0.2) is 0 Å². The highest BCUT2D eigenvalue weighted by molar-refractivity contribution is 5.66. The van der Waals surface area contributed by atoms with E-state index in [9.17, 15) is 30.3 Å². The molecule has 0 unspecified atom stereocenters. The minimum absolute atomic E-state index is 0.301. The van der Waals surface area contributed by atoms with Crippen molar-refractivity contribution in [3.8, 4) is 0 Å². The Hall–Kier alpha value is -1.27. The zero-order valence-electron chi connectivity index (χ0n) is 15.1. The Bertz CT molecular complexity index is 594. The Labute approximate surface area is 155 Å². The summed E-state index contributed by atoms with van der Waals surface area (Å²) in [6.07, 6.45) is -5.14. The van der Waals surface area contributed by atoms with Gasteiger partial charge < -0.3 is 44.5 Å². The number of aliphatic hydroxyl groups excluding tert-OH is 4. The quantitative estimate of drug-likeness (QED) is 0.345. The topological polar surface area (TPSA) is 155 Å². The molecule has 0 radical (unpaired) electrons. The number of hydrogen-bond donors (Lipinski definition) is 5. The van der Waals surface area contributed by atoms with Crippen molar-refractivity contribution in [2.45, 2.75) is 74.9 Å². The number of ether oxygens (including phenoxy) is 4. The molecule has 10 heteroatoms. The molecule has 3 aliphatic rings. The Morgan fingerprint density at radius 2 is 1.89 bits per heavy atom. The summed E-state index contributed by atoms with van der Waals surface area (Å²) in [4.78, 5) is 11.5. The van der Waals surface area contributed by atoms with Crippen molar-refractivity contribution in [2.24, 2.45) is 5.92 Å². The molecule has 0 aromatic rings. The van der Waals surface area contributed by atoms with Crippen LogP contribution in [0.5, 0.6) is 0 Å². The lowest BCUT2D eigenvalue weighted by Gasteiger charge is -2.45. The molecule has 0 aromatic carbocycles. The summed E-state index contributed by atoms with van der Waals surface area (Å²) < 4.78 is 21.9. The molecule has 2 aliphatic heterocycles. The Kier molecular flexibility index (Phi) is 5.52.